The molecule has 1 unspecified atom stereocenters. The smallest absolute Gasteiger partial charge is 0.395 e. The lowest BCUT2D eigenvalue weighted by Crippen LogP contribution is -2.36. The Hall–Kier alpha value is -1.39. The maximum Gasteiger partial charge on any atom is 0.405 e. The largest absolute Gasteiger partial charge is 0.405 e. The first-order chi connectivity index (χ1) is 9.15. The van der Waals surface area contributed by atoms with Crippen LogP contribution in [-0.4, -0.2) is 41.0 Å². The van der Waals surface area contributed by atoms with E-state index in [-0.39, 0.29) is 16.4 Å². The first kappa shape index (κ1) is 16.7. The van der Waals surface area contributed by atoms with E-state index in [0.29, 0.717) is 16.2 Å². The molecule has 0 aromatic carbocycles. The highest BCUT2D eigenvalue weighted by atomic mass is 32.1. The Labute approximate surface area is 116 Å². The van der Waals surface area contributed by atoms with Gasteiger partial charge in [-0.3, -0.25) is 10.1 Å². The number of nitro groups is 1. The summed E-state index contributed by atoms with van der Waals surface area (Å²) >= 11 is 0.708. The average molecular weight is 314 g/mol. The quantitative estimate of drug-likeness (QED) is 0.620. The molecule has 1 aromatic heterocycles. The summed E-state index contributed by atoms with van der Waals surface area (Å²) in [4.78, 5) is 11.0. The van der Waals surface area contributed by atoms with Crippen molar-refractivity contribution < 1.29 is 28.3 Å². The molecule has 0 amide bonds. The van der Waals surface area contributed by atoms with Crippen LogP contribution in [-0.2, 0) is 0 Å². The maximum atomic E-state index is 12.5. The van der Waals surface area contributed by atoms with E-state index in [0.717, 1.165) is 6.07 Å². The van der Waals surface area contributed by atoms with Gasteiger partial charge in [-0.1, -0.05) is 0 Å². The Balaban J connectivity index is 3.20. The van der Waals surface area contributed by atoms with Crippen LogP contribution in [0.2, 0.25) is 0 Å². The summed E-state index contributed by atoms with van der Waals surface area (Å²) in [5.74, 6) is 0. The molecular weight excluding hydrogens is 301 g/mol. The van der Waals surface area contributed by atoms with Crippen LogP contribution in [0.3, 0.4) is 0 Å². The van der Waals surface area contributed by atoms with Crippen LogP contribution < -0.4 is 4.90 Å². The highest BCUT2D eigenvalue weighted by molar-refractivity contribution is 7.16. The van der Waals surface area contributed by atoms with E-state index in [9.17, 15) is 28.4 Å². The van der Waals surface area contributed by atoms with Crippen molar-refractivity contribution in [3.63, 3.8) is 0 Å². The fourth-order valence-electron chi connectivity index (χ4n) is 1.54. The molecule has 0 radical (unpaired) electrons. The average Bonchev–Trinajstić information content (AvgIpc) is 2.71. The van der Waals surface area contributed by atoms with Crippen molar-refractivity contribution in [1.29, 1.82) is 0 Å². The number of aliphatic hydroxyl groups excluding tert-OH is 2. The van der Waals surface area contributed by atoms with Gasteiger partial charge >= 0.3 is 11.9 Å². The fraction of sp³-hybridized carbons (Fsp3) is 0.600. The van der Waals surface area contributed by atoms with Crippen LogP contribution in [0.4, 0.5) is 23.9 Å². The van der Waals surface area contributed by atoms with Crippen molar-refractivity contribution in [3.05, 3.63) is 21.1 Å². The lowest BCUT2D eigenvalue weighted by Gasteiger charge is -2.22. The minimum atomic E-state index is -4.56. The zero-order chi connectivity index (χ0) is 15.5. The Kier molecular flexibility index (Phi) is 5.31. The third-order valence-electron chi connectivity index (χ3n) is 2.35. The summed E-state index contributed by atoms with van der Waals surface area (Å²) in [6.07, 6.45) is -5.58. The van der Waals surface area contributed by atoms with Crippen LogP contribution in [0.15, 0.2) is 6.07 Å². The standard InChI is InChI=1S/C10H13F3N2O4S/c1-6(17)8-4-7(15(18)19)9(20-8)14(2-3-16)5-10(11,12)13/h4,6,16-17H,2-3,5H2,1H3. The van der Waals surface area contributed by atoms with Crippen LogP contribution >= 0.6 is 11.3 Å². The predicted molar refractivity (Wildman–Crippen MR) is 67.0 cm³/mol. The zero-order valence-electron chi connectivity index (χ0n) is 10.4. The molecule has 1 atom stereocenters. The molecule has 0 aliphatic heterocycles. The van der Waals surface area contributed by atoms with Crippen molar-refractivity contribution in [1.82, 2.24) is 0 Å². The number of thiophene rings is 1. The Bertz CT molecular complexity index is 476. The van der Waals surface area contributed by atoms with Crippen LogP contribution in [0, 0.1) is 10.1 Å². The second-order valence-corrected chi connectivity index (χ2v) is 5.09. The van der Waals surface area contributed by atoms with Gasteiger partial charge in [0.25, 0.3) is 0 Å². The number of hydrogen-bond acceptors (Lipinski definition) is 6. The molecule has 0 aliphatic rings. The van der Waals surface area contributed by atoms with Crippen LogP contribution in [0.5, 0.6) is 0 Å². The van der Waals surface area contributed by atoms with Crippen LogP contribution in [0.1, 0.15) is 17.9 Å². The third-order valence-corrected chi connectivity index (χ3v) is 3.70. The van der Waals surface area contributed by atoms with E-state index in [1.165, 1.54) is 6.92 Å². The van der Waals surface area contributed by atoms with Gasteiger partial charge in [-0.2, -0.15) is 13.2 Å². The number of aliphatic hydroxyl groups is 2. The molecule has 1 aromatic rings. The van der Waals surface area contributed by atoms with Gasteiger partial charge in [0.1, 0.15) is 6.54 Å². The molecule has 0 fully saturated rings. The molecule has 20 heavy (non-hydrogen) atoms. The maximum absolute atomic E-state index is 12.5. The van der Waals surface area contributed by atoms with E-state index in [2.05, 4.69) is 0 Å². The van der Waals surface area contributed by atoms with Gasteiger partial charge in [-0.05, 0) is 6.92 Å². The predicted octanol–water partition coefficient (Wildman–Crippen LogP) is 2.07. The summed E-state index contributed by atoms with van der Waals surface area (Å²) in [6, 6.07) is 1.05. The SMILES string of the molecule is CC(O)c1cc([N+](=O)[O-])c(N(CCO)CC(F)(F)F)s1. The number of hydrogen-bond donors (Lipinski definition) is 2. The second-order valence-electron chi connectivity index (χ2n) is 4.03. The molecule has 0 aliphatic carbocycles. The van der Waals surface area contributed by atoms with Gasteiger partial charge < -0.3 is 15.1 Å². The first-order valence-corrected chi connectivity index (χ1v) is 6.36. The number of rotatable bonds is 6. The molecule has 0 saturated carbocycles. The van der Waals surface area contributed by atoms with Gasteiger partial charge in [0.2, 0.25) is 0 Å². The minimum absolute atomic E-state index is 0.191. The van der Waals surface area contributed by atoms with E-state index in [4.69, 9.17) is 5.11 Å². The number of anilines is 1. The number of nitrogens with zero attached hydrogens (tertiary/aromatic N) is 2. The van der Waals surface area contributed by atoms with Gasteiger partial charge in [0.15, 0.2) is 5.00 Å². The second kappa shape index (κ2) is 6.37. The molecule has 1 rings (SSSR count). The molecular formula is C10H13F3N2O4S. The Morgan fingerprint density at radius 1 is 1.55 bits per heavy atom. The topological polar surface area (TPSA) is 86.8 Å². The summed E-state index contributed by atoms with van der Waals surface area (Å²) in [6.45, 7) is -1.01. The molecule has 0 spiro atoms. The van der Waals surface area contributed by atoms with E-state index < -0.39 is 36.0 Å². The van der Waals surface area contributed by atoms with Gasteiger partial charge in [-0.15, -0.1) is 11.3 Å². The molecule has 1 heterocycles. The summed E-state index contributed by atoms with van der Waals surface area (Å²) < 4.78 is 37.4. The van der Waals surface area contributed by atoms with E-state index in [1.807, 2.05) is 0 Å². The van der Waals surface area contributed by atoms with E-state index >= 15 is 0 Å². The van der Waals surface area contributed by atoms with Crippen molar-refractivity contribution in [3.8, 4) is 0 Å². The summed E-state index contributed by atoms with van der Waals surface area (Å²) in [7, 11) is 0. The lowest BCUT2D eigenvalue weighted by molar-refractivity contribution is -0.383. The molecule has 10 heteroatoms. The monoisotopic (exact) mass is 314 g/mol. The normalized spacial score (nSPS) is 13.3. The lowest BCUT2D eigenvalue weighted by atomic mass is 10.3. The van der Waals surface area contributed by atoms with Crippen molar-refractivity contribution in [2.75, 3.05) is 24.6 Å². The fourth-order valence-corrected chi connectivity index (χ4v) is 2.63. The molecule has 2 N–H and O–H groups in total. The van der Waals surface area contributed by atoms with Crippen molar-refractivity contribution >= 4 is 22.0 Å². The summed E-state index contributed by atoms with van der Waals surface area (Å²) in [5.41, 5.74) is -0.511. The minimum Gasteiger partial charge on any atom is -0.395 e. The third kappa shape index (κ3) is 4.32. The number of halogens is 3. The highest BCUT2D eigenvalue weighted by Crippen LogP contribution is 2.40. The first-order valence-electron chi connectivity index (χ1n) is 5.54. The zero-order valence-corrected chi connectivity index (χ0v) is 11.2. The molecule has 0 saturated heterocycles. The van der Waals surface area contributed by atoms with Crippen molar-refractivity contribution in [2.24, 2.45) is 0 Å². The molecule has 0 bridgehead atoms. The van der Waals surface area contributed by atoms with Gasteiger partial charge in [0.05, 0.1) is 17.6 Å². The molecule has 6 nitrogen and oxygen atoms in total. The van der Waals surface area contributed by atoms with Gasteiger partial charge in [0, 0.05) is 17.5 Å². The van der Waals surface area contributed by atoms with Gasteiger partial charge in [-0.25, -0.2) is 0 Å². The van der Waals surface area contributed by atoms with E-state index in [1.54, 1.807) is 0 Å². The highest BCUT2D eigenvalue weighted by Gasteiger charge is 2.34. The van der Waals surface area contributed by atoms with Crippen molar-refractivity contribution in [2.45, 2.75) is 19.2 Å². The Morgan fingerprint density at radius 3 is 2.55 bits per heavy atom. The summed E-state index contributed by atoms with van der Waals surface area (Å²) in [5, 5.41) is 28.9. The molecule has 114 valence electrons. The van der Waals surface area contributed by atoms with Crippen LogP contribution in [0.25, 0.3) is 0 Å². The Morgan fingerprint density at radius 2 is 2.15 bits per heavy atom. The number of alkyl halides is 3.